The van der Waals surface area contributed by atoms with Gasteiger partial charge in [-0.25, -0.2) is 9.37 Å². The van der Waals surface area contributed by atoms with Gasteiger partial charge in [0, 0.05) is 23.6 Å². The van der Waals surface area contributed by atoms with Crippen molar-refractivity contribution < 1.29 is 13.9 Å². The van der Waals surface area contributed by atoms with Gasteiger partial charge in [-0.15, -0.1) is 0 Å². The molecule has 0 saturated carbocycles. The number of nitrogens with one attached hydrogen (secondary N) is 1. The zero-order chi connectivity index (χ0) is 13.9. The van der Waals surface area contributed by atoms with E-state index in [-0.39, 0.29) is 19.1 Å². The van der Waals surface area contributed by atoms with E-state index < -0.39 is 12.2 Å². The molecule has 0 unspecified atom stereocenters. The lowest BCUT2D eigenvalue weighted by atomic mass is 10.1. The number of amides is 1. The number of alkyl halides is 1. The van der Waals surface area contributed by atoms with Crippen molar-refractivity contribution in [1.29, 1.82) is 0 Å². The Kier molecular flexibility index (Phi) is 3.47. The lowest BCUT2D eigenvalue weighted by Gasteiger charge is -2.13. The molecule has 1 fully saturated rings. The van der Waals surface area contributed by atoms with Crippen molar-refractivity contribution in [2.45, 2.75) is 12.2 Å². The second-order valence-corrected chi connectivity index (χ2v) is 4.65. The zero-order valence-corrected chi connectivity index (χ0v) is 10.7. The molecule has 5 nitrogen and oxygen atoms in total. The van der Waals surface area contributed by atoms with E-state index in [1.165, 1.54) is 0 Å². The van der Waals surface area contributed by atoms with E-state index in [1.807, 2.05) is 6.07 Å². The SMILES string of the molecule is O=C(N[C@H]1COC[C@H]1F)c1cccc(-n2ccnc2)c1. The summed E-state index contributed by atoms with van der Waals surface area (Å²) in [4.78, 5) is 16.1. The molecule has 0 spiro atoms. The Labute approximate surface area is 115 Å². The highest BCUT2D eigenvalue weighted by Gasteiger charge is 2.29. The van der Waals surface area contributed by atoms with Crippen LogP contribution in [0.3, 0.4) is 0 Å². The van der Waals surface area contributed by atoms with Crippen molar-refractivity contribution in [3.8, 4) is 5.69 Å². The van der Waals surface area contributed by atoms with Crippen LogP contribution < -0.4 is 5.32 Å². The lowest BCUT2D eigenvalue weighted by Crippen LogP contribution is -2.40. The van der Waals surface area contributed by atoms with Gasteiger partial charge in [0.1, 0.15) is 6.17 Å². The zero-order valence-electron chi connectivity index (χ0n) is 10.7. The fourth-order valence-corrected chi connectivity index (χ4v) is 2.13. The third-order valence-corrected chi connectivity index (χ3v) is 3.24. The van der Waals surface area contributed by atoms with Crippen LogP contribution in [0.2, 0.25) is 0 Å². The van der Waals surface area contributed by atoms with Gasteiger partial charge < -0.3 is 14.6 Å². The van der Waals surface area contributed by atoms with E-state index in [0.29, 0.717) is 5.56 Å². The molecule has 104 valence electrons. The van der Waals surface area contributed by atoms with Crippen LogP contribution in [0.4, 0.5) is 4.39 Å². The summed E-state index contributed by atoms with van der Waals surface area (Å²) < 4.78 is 20.2. The Balaban J connectivity index is 1.76. The van der Waals surface area contributed by atoms with Crippen LogP contribution in [0.1, 0.15) is 10.4 Å². The predicted octanol–water partition coefficient (Wildman–Crippen LogP) is 1.34. The molecule has 1 aromatic carbocycles. The fraction of sp³-hybridized carbons (Fsp3) is 0.286. The summed E-state index contributed by atoms with van der Waals surface area (Å²) >= 11 is 0. The van der Waals surface area contributed by atoms with E-state index >= 15 is 0 Å². The maximum Gasteiger partial charge on any atom is 0.251 e. The van der Waals surface area contributed by atoms with Crippen LogP contribution in [-0.2, 0) is 4.74 Å². The number of carbonyl (C=O) groups is 1. The predicted molar refractivity (Wildman–Crippen MR) is 70.5 cm³/mol. The Morgan fingerprint density at radius 3 is 3.05 bits per heavy atom. The largest absolute Gasteiger partial charge is 0.376 e. The highest BCUT2D eigenvalue weighted by molar-refractivity contribution is 5.95. The molecule has 1 saturated heterocycles. The van der Waals surface area contributed by atoms with Gasteiger partial charge in [0.2, 0.25) is 0 Å². The smallest absolute Gasteiger partial charge is 0.251 e. The van der Waals surface area contributed by atoms with E-state index in [2.05, 4.69) is 10.3 Å². The lowest BCUT2D eigenvalue weighted by molar-refractivity contribution is 0.0920. The van der Waals surface area contributed by atoms with Crippen molar-refractivity contribution in [3.63, 3.8) is 0 Å². The summed E-state index contributed by atoms with van der Waals surface area (Å²) in [6.45, 7) is 0.258. The Bertz CT molecular complexity index is 600. The molecule has 2 aromatic rings. The van der Waals surface area contributed by atoms with Crippen LogP contribution in [0, 0.1) is 0 Å². The first-order valence-electron chi connectivity index (χ1n) is 6.35. The van der Waals surface area contributed by atoms with Gasteiger partial charge in [-0.2, -0.15) is 0 Å². The number of carbonyl (C=O) groups excluding carboxylic acids is 1. The van der Waals surface area contributed by atoms with Crippen LogP contribution in [0.15, 0.2) is 43.0 Å². The van der Waals surface area contributed by atoms with Gasteiger partial charge >= 0.3 is 0 Å². The van der Waals surface area contributed by atoms with Gasteiger partial charge in [0.05, 0.1) is 25.6 Å². The molecule has 1 amide bonds. The van der Waals surface area contributed by atoms with E-state index in [1.54, 1.807) is 41.5 Å². The Morgan fingerprint density at radius 2 is 2.35 bits per heavy atom. The Hall–Kier alpha value is -2.21. The molecule has 1 aliphatic heterocycles. The fourth-order valence-electron chi connectivity index (χ4n) is 2.13. The molecule has 20 heavy (non-hydrogen) atoms. The molecular formula is C14H14FN3O2. The standard InChI is InChI=1S/C14H14FN3O2/c15-12-7-20-8-13(12)17-14(19)10-2-1-3-11(6-10)18-5-4-16-9-18/h1-6,9,12-13H,7-8H2,(H,17,19)/t12-,13+/m1/s1. The molecule has 2 atom stereocenters. The van der Waals surface area contributed by atoms with Crippen LogP contribution in [-0.4, -0.2) is 40.9 Å². The number of rotatable bonds is 3. The minimum absolute atomic E-state index is 0.0417. The second-order valence-electron chi connectivity index (χ2n) is 4.65. The van der Waals surface area contributed by atoms with Gasteiger partial charge in [-0.3, -0.25) is 4.79 Å². The number of ether oxygens (including phenoxy) is 1. The normalized spacial score (nSPS) is 21.9. The number of benzene rings is 1. The average molecular weight is 275 g/mol. The molecule has 0 bridgehead atoms. The minimum Gasteiger partial charge on any atom is -0.376 e. The topological polar surface area (TPSA) is 56.1 Å². The summed E-state index contributed by atoms with van der Waals surface area (Å²) in [5.41, 5.74) is 1.31. The van der Waals surface area contributed by atoms with Crippen molar-refractivity contribution in [3.05, 3.63) is 48.5 Å². The van der Waals surface area contributed by atoms with Crippen LogP contribution in [0.25, 0.3) is 5.69 Å². The van der Waals surface area contributed by atoms with Crippen molar-refractivity contribution in [2.24, 2.45) is 0 Å². The molecular weight excluding hydrogens is 261 g/mol. The third-order valence-electron chi connectivity index (χ3n) is 3.24. The first-order valence-corrected chi connectivity index (χ1v) is 6.35. The number of aromatic nitrogens is 2. The number of hydrogen-bond acceptors (Lipinski definition) is 3. The summed E-state index contributed by atoms with van der Waals surface area (Å²) in [5.74, 6) is -0.301. The summed E-state index contributed by atoms with van der Waals surface area (Å²) in [6, 6.07) is 6.51. The van der Waals surface area contributed by atoms with E-state index in [0.717, 1.165) is 5.69 Å². The Morgan fingerprint density at radius 1 is 1.45 bits per heavy atom. The van der Waals surface area contributed by atoms with E-state index in [9.17, 15) is 9.18 Å². The van der Waals surface area contributed by atoms with Gasteiger partial charge in [-0.1, -0.05) is 6.07 Å². The molecule has 2 heterocycles. The van der Waals surface area contributed by atoms with Gasteiger partial charge in [0.15, 0.2) is 0 Å². The average Bonchev–Trinajstić information content (AvgIpc) is 3.12. The minimum atomic E-state index is -1.14. The van der Waals surface area contributed by atoms with Crippen LogP contribution in [0.5, 0.6) is 0 Å². The maximum absolute atomic E-state index is 13.4. The summed E-state index contributed by atoms with van der Waals surface area (Å²) in [7, 11) is 0. The number of nitrogens with zero attached hydrogens (tertiary/aromatic N) is 2. The second kappa shape index (κ2) is 5.42. The molecule has 0 aliphatic carbocycles. The highest BCUT2D eigenvalue weighted by Crippen LogP contribution is 2.13. The van der Waals surface area contributed by atoms with Gasteiger partial charge in [-0.05, 0) is 18.2 Å². The van der Waals surface area contributed by atoms with Crippen LogP contribution >= 0.6 is 0 Å². The van der Waals surface area contributed by atoms with Crippen molar-refractivity contribution in [2.75, 3.05) is 13.2 Å². The quantitative estimate of drug-likeness (QED) is 0.919. The molecule has 6 heteroatoms. The molecule has 0 radical (unpaired) electrons. The molecule has 1 N–H and O–H groups in total. The number of imidazole rings is 1. The molecule has 3 rings (SSSR count). The summed E-state index contributed by atoms with van der Waals surface area (Å²) in [6.07, 6.45) is 3.96. The monoisotopic (exact) mass is 275 g/mol. The number of hydrogen-bond donors (Lipinski definition) is 1. The summed E-state index contributed by atoms with van der Waals surface area (Å²) in [5, 5.41) is 2.65. The highest BCUT2D eigenvalue weighted by atomic mass is 19.1. The molecule has 1 aliphatic rings. The van der Waals surface area contributed by atoms with E-state index in [4.69, 9.17) is 4.74 Å². The first-order chi connectivity index (χ1) is 9.74. The van der Waals surface area contributed by atoms with Gasteiger partial charge in [0.25, 0.3) is 5.91 Å². The number of halogens is 1. The third kappa shape index (κ3) is 2.55. The first kappa shape index (κ1) is 12.8. The molecule has 1 aromatic heterocycles. The maximum atomic E-state index is 13.4. The van der Waals surface area contributed by atoms with Crippen molar-refractivity contribution >= 4 is 5.91 Å². The van der Waals surface area contributed by atoms with Crippen molar-refractivity contribution in [1.82, 2.24) is 14.9 Å².